The number of fused-ring (bicyclic) bond motifs is 1. The molecule has 4 rings (SSSR count). The molecule has 164 valence electrons. The minimum atomic E-state index is -2.53. The molecule has 2 amide bonds. The molecule has 1 fully saturated rings. The van der Waals surface area contributed by atoms with Crippen LogP contribution in [0.1, 0.15) is 18.4 Å². The SMILES string of the molecule is CCOc1n[nH]c2cc(NC(=O)NC3CN(C)C(C(F)F)C3c3ccccc3)ncc12. The number of likely N-dealkylation sites (tertiary alicyclic amines) is 1. The minimum absolute atomic E-state index is 0.310. The highest BCUT2D eigenvalue weighted by molar-refractivity contribution is 5.92. The molecule has 1 aliphatic rings. The number of urea groups is 1. The normalized spacial score (nSPS) is 21.5. The van der Waals surface area contributed by atoms with Gasteiger partial charge in [0, 0.05) is 24.7 Å². The summed E-state index contributed by atoms with van der Waals surface area (Å²) in [4.78, 5) is 18.5. The molecule has 31 heavy (non-hydrogen) atoms. The number of rotatable bonds is 6. The predicted molar refractivity (Wildman–Crippen MR) is 113 cm³/mol. The van der Waals surface area contributed by atoms with Crippen LogP contribution in [-0.2, 0) is 0 Å². The van der Waals surface area contributed by atoms with Crippen molar-refractivity contribution in [3.63, 3.8) is 0 Å². The molecule has 3 heterocycles. The van der Waals surface area contributed by atoms with Gasteiger partial charge in [-0.25, -0.2) is 18.6 Å². The van der Waals surface area contributed by atoms with E-state index in [9.17, 15) is 13.6 Å². The number of halogens is 2. The molecule has 1 saturated heterocycles. The molecule has 0 radical (unpaired) electrons. The van der Waals surface area contributed by atoms with Crippen molar-refractivity contribution in [2.45, 2.75) is 31.4 Å². The maximum atomic E-state index is 13.8. The third-order valence-electron chi connectivity index (χ3n) is 5.49. The number of pyridine rings is 1. The number of aromatic nitrogens is 3. The molecular formula is C21H24F2N6O2. The van der Waals surface area contributed by atoms with Crippen LogP contribution in [0.25, 0.3) is 10.9 Å². The molecule has 0 saturated carbocycles. The van der Waals surface area contributed by atoms with Gasteiger partial charge in [0.05, 0.1) is 29.6 Å². The van der Waals surface area contributed by atoms with Gasteiger partial charge in [0.15, 0.2) is 0 Å². The van der Waals surface area contributed by atoms with Crippen molar-refractivity contribution in [1.82, 2.24) is 25.4 Å². The number of hydrogen-bond donors (Lipinski definition) is 3. The predicted octanol–water partition coefficient (Wildman–Crippen LogP) is 3.21. The molecule has 8 nitrogen and oxygen atoms in total. The van der Waals surface area contributed by atoms with Crippen LogP contribution in [0.3, 0.4) is 0 Å². The number of carbonyl (C=O) groups is 1. The average Bonchev–Trinajstić information content (AvgIpc) is 3.29. The van der Waals surface area contributed by atoms with Crippen molar-refractivity contribution < 1.29 is 18.3 Å². The lowest BCUT2D eigenvalue weighted by Crippen LogP contribution is -2.43. The van der Waals surface area contributed by atoms with Crippen molar-refractivity contribution in [2.75, 3.05) is 25.5 Å². The second kappa shape index (κ2) is 8.84. The Morgan fingerprint density at radius 2 is 2.13 bits per heavy atom. The van der Waals surface area contributed by atoms with Gasteiger partial charge in [-0.2, -0.15) is 0 Å². The quantitative estimate of drug-likeness (QED) is 0.558. The molecule has 2 aromatic heterocycles. The Morgan fingerprint density at radius 3 is 2.84 bits per heavy atom. The first kappa shape index (κ1) is 21.0. The second-order valence-corrected chi connectivity index (χ2v) is 7.48. The summed E-state index contributed by atoms with van der Waals surface area (Å²) in [5.74, 6) is 0.220. The summed E-state index contributed by atoms with van der Waals surface area (Å²) >= 11 is 0. The standard InChI is InChI=1S/C21H24F2N6O2/c1-3-31-20-13-10-24-16(9-14(13)27-28-20)26-21(30)25-15-11-29(2)18(19(22)23)17(15)12-7-5-4-6-8-12/h4-10,15,17-19H,3,11H2,1-2H3,(H,27,28)(H2,24,25,26,30). The highest BCUT2D eigenvalue weighted by Crippen LogP contribution is 2.36. The number of benzene rings is 1. The summed E-state index contributed by atoms with van der Waals surface area (Å²) in [5, 5.41) is 13.1. The van der Waals surface area contributed by atoms with Crippen molar-refractivity contribution in [3.8, 4) is 5.88 Å². The highest BCUT2D eigenvalue weighted by atomic mass is 19.3. The first-order valence-corrected chi connectivity index (χ1v) is 10.1. The van der Waals surface area contributed by atoms with Gasteiger partial charge in [-0.05, 0) is 19.5 Å². The van der Waals surface area contributed by atoms with Crippen LogP contribution in [0.2, 0.25) is 0 Å². The zero-order valence-corrected chi connectivity index (χ0v) is 17.2. The van der Waals surface area contributed by atoms with Crippen LogP contribution >= 0.6 is 0 Å². The van der Waals surface area contributed by atoms with Crippen LogP contribution < -0.4 is 15.4 Å². The van der Waals surface area contributed by atoms with Gasteiger partial charge in [-0.15, -0.1) is 5.10 Å². The van der Waals surface area contributed by atoms with E-state index in [1.807, 2.05) is 37.3 Å². The first-order chi connectivity index (χ1) is 15.0. The lowest BCUT2D eigenvalue weighted by molar-refractivity contribution is 0.0512. The van der Waals surface area contributed by atoms with Gasteiger partial charge < -0.3 is 10.1 Å². The van der Waals surface area contributed by atoms with Crippen LogP contribution in [0.4, 0.5) is 19.4 Å². The fourth-order valence-electron chi connectivity index (χ4n) is 4.17. The number of alkyl halides is 2. The molecule has 3 aromatic rings. The molecule has 0 spiro atoms. The number of H-pyrrole nitrogens is 1. The molecule has 3 N–H and O–H groups in total. The molecule has 1 aromatic carbocycles. The first-order valence-electron chi connectivity index (χ1n) is 10.1. The monoisotopic (exact) mass is 430 g/mol. The van der Waals surface area contributed by atoms with E-state index in [4.69, 9.17) is 4.74 Å². The van der Waals surface area contributed by atoms with E-state index in [0.29, 0.717) is 35.8 Å². The Kier molecular flexibility index (Phi) is 5.99. The summed E-state index contributed by atoms with van der Waals surface area (Å²) in [7, 11) is 1.65. The van der Waals surface area contributed by atoms with Gasteiger partial charge in [0.25, 0.3) is 6.43 Å². The van der Waals surface area contributed by atoms with Crippen LogP contribution in [0.5, 0.6) is 5.88 Å². The molecule has 0 bridgehead atoms. The van der Waals surface area contributed by atoms with Crippen molar-refractivity contribution >= 4 is 22.8 Å². The Balaban J connectivity index is 1.50. The number of carbonyl (C=O) groups excluding carboxylic acids is 1. The number of anilines is 1. The number of likely N-dealkylation sites (N-methyl/N-ethyl adjacent to an activating group) is 1. The molecular weight excluding hydrogens is 406 g/mol. The van der Waals surface area contributed by atoms with E-state index >= 15 is 0 Å². The number of nitrogens with one attached hydrogen (secondary N) is 3. The maximum absolute atomic E-state index is 13.8. The van der Waals surface area contributed by atoms with Gasteiger partial charge in [-0.3, -0.25) is 15.3 Å². The van der Waals surface area contributed by atoms with Crippen molar-refractivity contribution in [1.29, 1.82) is 0 Å². The number of nitrogens with zero attached hydrogens (tertiary/aromatic N) is 3. The van der Waals surface area contributed by atoms with Crippen molar-refractivity contribution in [2.24, 2.45) is 0 Å². The van der Waals surface area contributed by atoms with Gasteiger partial charge in [0.1, 0.15) is 5.82 Å². The van der Waals surface area contributed by atoms with E-state index in [-0.39, 0.29) is 0 Å². The summed E-state index contributed by atoms with van der Waals surface area (Å²) in [6.07, 6.45) is -0.975. The Morgan fingerprint density at radius 1 is 1.35 bits per heavy atom. The Hall–Kier alpha value is -3.27. The fourth-order valence-corrected chi connectivity index (χ4v) is 4.17. The van der Waals surface area contributed by atoms with Crippen molar-refractivity contribution in [3.05, 3.63) is 48.2 Å². The summed E-state index contributed by atoms with van der Waals surface area (Å²) < 4.78 is 33.0. The summed E-state index contributed by atoms with van der Waals surface area (Å²) in [6, 6.07) is 8.76. The summed E-state index contributed by atoms with van der Waals surface area (Å²) in [5.41, 5.74) is 1.43. The third-order valence-corrected chi connectivity index (χ3v) is 5.49. The zero-order chi connectivity index (χ0) is 22.0. The smallest absolute Gasteiger partial charge is 0.320 e. The number of amides is 2. The lowest BCUT2D eigenvalue weighted by Gasteiger charge is -2.26. The molecule has 1 aliphatic heterocycles. The molecule has 0 aliphatic carbocycles. The Labute approximate surface area is 178 Å². The highest BCUT2D eigenvalue weighted by Gasteiger charge is 2.46. The molecule has 10 heteroatoms. The molecule has 3 unspecified atom stereocenters. The van der Waals surface area contributed by atoms with E-state index in [1.165, 1.54) is 0 Å². The molecule has 3 atom stereocenters. The Bertz CT molecular complexity index is 1040. The minimum Gasteiger partial charge on any atom is -0.476 e. The number of hydrogen-bond acceptors (Lipinski definition) is 5. The second-order valence-electron chi connectivity index (χ2n) is 7.48. The number of aromatic amines is 1. The van der Waals surface area contributed by atoms with E-state index in [0.717, 1.165) is 5.56 Å². The third kappa shape index (κ3) is 4.29. The van der Waals surface area contributed by atoms with Crippen LogP contribution in [-0.4, -0.2) is 64.8 Å². The topological polar surface area (TPSA) is 95.2 Å². The van der Waals surface area contributed by atoms with Gasteiger partial charge in [0.2, 0.25) is 5.88 Å². The summed E-state index contributed by atoms with van der Waals surface area (Å²) in [6.45, 7) is 2.64. The van der Waals surface area contributed by atoms with Crippen LogP contribution in [0.15, 0.2) is 42.6 Å². The average molecular weight is 430 g/mol. The maximum Gasteiger partial charge on any atom is 0.320 e. The lowest BCUT2D eigenvalue weighted by atomic mass is 9.88. The fraction of sp³-hybridized carbons (Fsp3) is 0.381. The number of ether oxygens (including phenoxy) is 1. The van der Waals surface area contributed by atoms with Gasteiger partial charge in [-0.1, -0.05) is 30.3 Å². The largest absolute Gasteiger partial charge is 0.476 e. The van der Waals surface area contributed by atoms with E-state index in [2.05, 4.69) is 25.8 Å². The van der Waals surface area contributed by atoms with E-state index in [1.54, 1.807) is 24.2 Å². The van der Waals surface area contributed by atoms with Crippen LogP contribution in [0, 0.1) is 0 Å². The zero-order valence-electron chi connectivity index (χ0n) is 17.2. The van der Waals surface area contributed by atoms with Gasteiger partial charge >= 0.3 is 6.03 Å². The van der Waals surface area contributed by atoms with E-state index < -0.39 is 30.5 Å².